The lowest BCUT2D eigenvalue weighted by molar-refractivity contribution is -0.127. The first-order valence-electron chi connectivity index (χ1n) is 9.05. The summed E-state index contributed by atoms with van der Waals surface area (Å²) in [7, 11) is 1.80. The van der Waals surface area contributed by atoms with Gasteiger partial charge in [-0.15, -0.1) is 10.2 Å². The highest BCUT2D eigenvalue weighted by Crippen LogP contribution is 2.25. The van der Waals surface area contributed by atoms with E-state index < -0.39 is 0 Å². The van der Waals surface area contributed by atoms with E-state index >= 15 is 0 Å². The van der Waals surface area contributed by atoms with Crippen LogP contribution in [0.2, 0.25) is 0 Å². The summed E-state index contributed by atoms with van der Waals surface area (Å²) in [6, 6.07) is 15.5. The molecule has 0 atom stereocenters. The molecule has 0 N–H and O–H groups in total. The first kappa shape index (κ1) is 19.9. The monoisotopic (exact) mass is 397 g/mol. The van der Waals surface area contributed by atoms with Gasteiger partial charge >= 0.3 is 0 Å². The van der Waals surface area contributed by atoms with Gasteiger partial charge in [0.25, 0.3) is 5.22 Å². The maximum absolute atomic E-state index is 12.4. The van der Waals surface area contributed by atoms with Crippen LogP contribution < -0.4 is 4.74 Å². The summed E-state index contributed by atoms with van der Waals surface area (Å²) in [6.07, 6.45) is 0. The lowest BCUT2D eigenvalue weighted by Crippen LogP contribution is -2.28. The number of benzene rings is 2. The Bertz CT molecular complexity index is 925. The van der Waals surface area contributed by atoms with Crippen molar-refractivity contribution in [3.8, 4) is 17.2 Å². The average Bonchev–Trinajstić information content (AvgIpc) is 3.17. The van der Waals surface area contributed by atoms with Crippen molar-refractivity contribution in [2.45, 2.75) is 25.6 Å². The van der Waals surface area contributed by atoms with Crippen molar-refractivity contribution in [2.24, 2.45) is 0 Å². The molecule has 1 aromatic heterocycles. The molecule has 6 nitrogen and oxygen atoms in total. The standard InChI is InChI=1S/C21H23N3O3S/c1-4-26-18-11-9-16(10-12-18)20-22-23-21(27-20)28-14-19(25)24(3)13-17-8-6-5-7-15(17)2/h5-12H,4,13-14H2,1-3H3. The molecule has 3 rings (SSSR count). The van der Waals surface area contributed by atoms with Crippen LogP contribution in [0.4, 0.5) is 0 Å². The number of aryl methyl sites for hydroxylation is 1. The highest BCUT2D eigenvalue weighted by atomic mass is 32.2. The maximum Gasteiger partial charge on any atom is 0.277 e. The fraction of sp³-hybridized carbons (Fsp3) is 0.286. The summed E-state index contributed by atoms with van der Waals surface area (Å²) in [5, 5.41) is 8.46. The topological polar surface area (TPSA) is 68.5 Å². The van der Waals surface area contributed by atoms with Gasteiger partial charge in [-0.3, -0.25) is 4.79 Å². The van der Waals surface area contributed by atoms with Crippen LogP contribution in [-0.2, 0) is 11.3 Å². The Morgan fingerprint density at radius 2 is 1.89 bits per heavy atom. The van der Waals surface area contributed by atoms with Gasteiger partial charge in [0, 0.05) is 19.2 Å². The van der Waals surface area contributed by atoms with Crippen LogP contribution >= 0.6 is 11.8 Å². The Labute approximate surface area is 168 Å². The molecule has 0 fully saturated rings. The number of hydrogen-bond acceptors (Lipinski definition) is 6. The van der Waals surface area contributed by atoms with Gasteiger partial charge in [0.15, 0.2) is 0 Å². The number of ether oxygens (including phenoxy) is 1. The summed E-state index contributed by atoms with van der Waals surface area (Å²) in [6.45, 7) is 5.18. The van der Waals surface area contributed by atoms with E-state index in [1.54, 1.807) is 11.9 Å². The smallest absolute Gasteiger partial charge is 0.277 e. The lowest BCUT2D eigenvalue weighted by Gasteiger charge is -2.17. The normalized spacial score (nSPS) is 10.7. The van der Waals surface area contributed by atoms with Crippen LogP contribution in [0.3, 0.4) is 0 Å². The number of thioether (sulfide) groups is 1. The maximum atomic E-state index is 12.4. The molecule has 0 aliphatic carbocycles. The molecule has 7 heteroatoms. The fourth-order valence-electron chi connectivity index (χ4n) is 2.61. The molecule has 0 aliphatic rings. The molecule has 2 aromatic carbocycles. The second-order valence-corrected chi connectivity index (χ2v) is 7.22. The Morgan fingerprint density at radius 1 is 1.14 bits per heavy atom. The van der Waals surface area contributed by atoms with E-state index in [-0.39, 0.29) is 11.7 Å². The molecule has 0 bridgehead atoms. The van der Waals surface area contributed by atoms with E-state index in [1.165, 1.54) is 17.3 Å². The predicted octanol–water partition coefficient (Wildman–Crippen LogP) is 4.19. The average molecular weight is 398 g/mol. The van der Waals surface area contributed by atoms with Crippen LogP contribution in [0.5, 0.6) is 5.75 Å². The summed E-state index contributed by atoms with van der Waals surface area (Å²) >= 11 is 1.24. The zero-order valence-electron chi connectivity index (χ0n) is 16.2. The molecule has 1 heterocycles. The fourth-order valence-corrected chi connectivity index (χ4v) is 3.31. The minimum atomic E-state index is 0.00840. The number of carbonyl (C=O) groups is 1. The molecule has 0 saturated heterocycles. The number of aromatic nitrogens is 2. The van der Waals surface area contributed by atoms with Crippen LogP contribution in [0.25, 0.3) is 11.5 Å². The Kier molecular flexibility index (Phi) is 6.71. The number of rotatable bonds is 8. The molecule has 0 saturated carbocycles. The third-order valence-electron chi connectivity index (χ3n) is 4.23. The van der Waals surface area contributed by atoms with Crippen LogP contribution in [0.1, 0.15) is 18.1 Å². The Hall–Kier alpha value is -2.80. The second kappa shape index (κ2) is 9.41. The van der Waals surface area contributed by atoms with Crippen molar-refractivity contribution < 1.29 is 13.9 Å². The second-order valence-electron chi connectivity index (χ2n) is 6.30. The predicted molar refractivity (Wildman–Crippen MR) is 109 cm³/mol. The molecular formula is C21H23N3O3S. The van der Waals surface area contributed by atoms with E-state index in [4.69, 9.17) is 9.15 Å². The van der Waals surface area contributed by atoms with Crippen LogP contribution in [-0.4, -0.2) is 40.4 Å². The minimum absolute atomic E-state index is 0.00840. The lowest BCUT2D eigenvalue weighted by atomic mass is 10.1. The van der Waals surface area contributed by atoms with Crippen molar-refractivity contribution in [1.29, 1.82) is 0 Å². The number of nitrogens with zero attached hydrogens (tertiary/aromatic N) is 3. The van der Waals surface area contributed by atoms with E-state index in [9.17, 15) is 4.79 Å². The van der Waals surface area contributed by atoms with E-state index in [0.29, 0.717) is 24.3 Å². The minimum Gasteiger partial charge on any atom is -0.494 e. The molecule has 3 aromatic rings. The quantitative estimate of drug-likeness (QED) is 0.531. The van der Waals surface area contributed by atoms with Gasteiger partial charge in [0.2, 0.25) is 11.8 Å². The number of carbonyl (C=O) groups excluding carboxylic acids is 1. The van der Waals surface area contributed by atoms with E-state index in [1.807, 2.05) is 62.4 Å². The van der Waals surface area contributed by atoms with Gasteiger partial charge in [0.05, 0.1) is 12.4 Å². The van der Waals surface area contributed by atoms with Crippen molar-refractivity contribution in [1.82, 2.24) is 15.1 Å². The third kappa shape index (κ3) is 5.13. The summed E-state index contributed by atoms with van der Waals surface area (Å²) in [4.78, 5) is 14.1. The Morgan fingerprint density at radius 3 is 2.61 bits per heavy atom. The van der Waals surface area contributed by atoms with Gasteiger partial charge < -0.3 is 14.1 Å². The Balaban J connectivity index is 1.55. The van der Waals surface area contributed by atoms with Gasteiger partial charge in [-0.25, -0.2) is 0 Å². The third-order valence-corrected chi connectivity index (χ3v) is 5.04. The SMILES string of the molecule is CCOc1ccc(-c2nnc(SCC(=O)N(C)Cc3ccccc3C)o2)cc1. The van der Waals surface area contributed by atoms with Crippen molar-refractivity contribution in [3.05, 3.63) is 59.7 Å². The van der Waals surface area contributed by atoms with Crippen molar-refractivity contribution in [3.63, 3.8) is 0 Å². The molecule has 0 unspecified atom stereocenters. The molecule has 0 spiro atoms. The number of amides is 1. The summed E-state index contributed by atoms with van der Waals surface area (Å²) < 4.78 is 11.1. The van der Waals surface area contributed by atoms with Gasteiger partial charge in [-0.2, -0.15) is 0 Å². The van der Waals surface area contributed by atoms with Gasteiger partial charge in [0.1, 0.15) is 5.75 Å². The molecule has 0 radical (unpaired) electrons. The van der Waals surface area contributed by atoms with Crippen LogP contribution in [0.15, 0.2) is 58.2 Å². The summed E-state index contributed by atoms with van der Waals surface area (Å²) in [5.41, 5.74) is 3.12. The number of hydrogen-bond donors (Lipinski definition) is 0. The van der Waals surface area contributed by atoms with E-state index in [0.717, 1.165) is 16.9 Å². The summed E-state index contributed by atoms with van der Waals surface area (Å²) in [5.74, 6) is 1.47. The zero-order chi connectivity index (χ0) is 19.9. The highest BCUT2D eigenvalue weighted by Gasteiger charge is 2.14. The molecule has 0 aliphatic heterocycles. The molecular weight excluding hydrogens is 374 g/mol. The van der Waals surface area contributed by atoms with Gasteiger partial charge in [-0.1, -0.05) is 36.0 Å². The highest BCUT2D eigenvalue weighted by molar-refractivity contribution is 7.99. The molecule has 146 valence electrons. The largest absolute Gasteiger partial charge is 0.494 e. The molecule has 28 heavy (non-hydrogen) atoms. The van der Waals surface area contributed by atoms with Crippen molar-refractivity contribution in [2.75, 3.05) is 19.4 Å². The first-order chi connectivity index (χ1) is 13.6. The van der Waals surface area contributed by atoms with Gasteiger partial charge in [-0.05, 0) is 49.2 Å². The van der Waals surface area contributed by atoms with E-state index in [2.05, 4.69) is 10.2 Å². The molecule has 1 amide bonds. The van der Waals surface area contributed by atoms with Crippen LogP contribution in [0, 0.1) is 6.92 Å². The zero-order valence-corrected chi connectivity index (χ0v) is 17.0. The van der Waals surface area contributed by atoms with Crippen molar-refractivity contribution >= 4 is 17.7 Å². The first-order valence-corrected chi connectivity index (χ1v) is 10.0.